The number of nitrogens with two attached hydrogens (primary N) is 2. The van der Waals surface area contributed by atoms with E-state index in [1.54, 1.807) is 24.3 Å². The van der Waals surface area contributed by atoms with Gasteiger partial charge in [0.25, 0.3) is 0 Å². The minimum atomic E-state index is -0.607. The van der Waals surface area contributed by atoms with Crippen LogP contribution >= 0.6 is 0 Å². The zero-order valence-corrected chi connectivity index (χ0v) is 8.81. The van der Waals surface area contributed by atoms with E-state index in [0.29, 0.717) is 5.69 Å². The molecule has 16 heavy (non-hydrogen) atoms. The average Bonchev–Trinajstić information content (AvgIpc) is 2.35. The third kappa shape index (κ3) is 2.10. The predicted octanol–water partition coefficient (Wildman–Crippen LogP) is 1.24. The van der Waals surface area contributed by atoms with Crippen molar-refractivity contribution in [2.75, 3.05) is 5.01 Å². The number of urea groups is 1. The van der Waals surface area contributed by atoms with Gasteiger partial charge in [-0.1, -0.05) is 37.4 Å². The molecular formula is C11H14N4O. The lowest BCUT2D eigenvalue weighted by atomic mass is 10.1. The van der Waals surface area contributed by atoms with Gasteiger partial charge in [0.15, 0.2) is 0 Å². The number of rotatable bonds is 3. The van der Waals surface area contributed by atoms with Gasteiger partial charge in [-0.05, 0) is 11.6 Å². The summed E-state index contributed by atoms with van der Waals surface area (Å²) >= 11 is 0. The molecule has 0 fully saturated rings. The molecule has 0 bridgehead atoms. The Kier molecular flexibility index (Phi) is 3.82. The summed E-state index contributed by atoms with van der Waals surface area (Å²) in [5, 5.41) is 0.921. The molecule has 0 spiro atoms. The van der Waals surface area contributed by atoms with Crippen molar-refractivity contribution in [2.45, 2.75) is 0 Å². The second-order valence-corrected chi connectivity index (χ2v) is 3.01. The van der Waals surface area contributed by atoms with Gasteiger partial charge in [0, 0.05) is 5.56 Å². The monoisotopic (exact) mass is 218 g/mol. The number of amides is 2. The van der Waals surface area contributed by atoms with E-state index in [1.807, 2.05) is 11.5 Å². The highest BCUT2D eigenvalue weighted by molar-refractivity contribution is 5.93. The molecule has 1 rings (SSSR count). The maximum absolute atomic E-state index is 11.3. The first-order chi connectivity index (χ1) is 7.65. The average molecular weight is 218 g/mol. The highest BCUT2D eigenvalue weighted by atomic mass is 16.2. The molecule has 0 saturated carbocycles. The van der Waals surface area contributed by atoms with Crippen LogP contribution in [0, 0.1) is 0 Å². The lowest BCUT2D eigenvalue weighted by Gasteiger charge is -2.19. The van der Waals surface area contributed by atoms with Crippen LogP contribution in [-0.2, 0) is 0 Å². The van der Waals surface area contributed by atoms with E-state index >= 15 is 0 Å². The van der Waals surface area contributed by atoms with Crippen molar-refractivity contribution < 1.29 is 4.79 Å². The van der Waals surface area contributed by atoms with Crippen LogP contribution in [0.25, 0.3) is 12.2 Å². The van der Waals surface area contributed by atoms with Crippen molar-refractivity contribution in [3.63, 3.8) is 0 Å². The van der Waals surface area contributed by atoms with Crippen molar-refractivity contribution in [1.82, 2.24) is 5.43 Å². The van der Waals surface area contributed by atoms with E-state index in [2.05, 4.69) is 13.2 Å². The Bertz CT molecular complexity index is 428. The summed E-state index contributed by atoms with van der Waals surface area (Å²) in [6.07, 6.45) is 3.27. The van der Waals surface area contributed by atoms with Gasteiger partial charge in [-0.15, -0.1) is 0 Å². The second kappa shape index (κ2) is 5.11. The summed E-state index contributed by atoms with van der Waals surface area (Å²) < 4.78 is 0. The van der Waals surface area contributed by atoms with Crippen LogP contribution < -0.4 is 22.1 Å². The summed E-state index contributed by atoms with van der Waals surface area (Å²) in [6, 6.07) is 4.70. The fourth-order valence-corrected chi connectivity index (χ4v) is 1.36. The molecule has 2 amide bonds. The van der Waals surface area contributed by atoms with Crippen LogP contribution in [0.15, 0.2) is 31.4 Å². The molecule has 5 N–H and O–H groups in total. The molecule has 0 unspecified atom stereocenters. The first-order valence-electron chi connectivity index (χ1n) is 4.59. The largest absolute Gasteiger partial charge is 0.350 e. The van der Waals surface area contributed by atoms with Gasteiger partial charge >= 0.3 is 6.03 Å². The van der Waals surface area contributed by atoms with Crippen molar-refractivity contribution in [2.24, 2.45) is 11.7 Å². The van der Waals surface area contributed by atoms with Gasteiger partial charge in [0.1, 0.15) is 0 Å². The van der Waals surface area contributed by atoms with Crippen LogP contribution in [0.5, 0.6) is 0 Å². The molecule has 5 nitrogen and oxygen atoms in total. The fraction of sp³-hybridized carbons (Fsp3) is 0. The highest BCUT2D eigenvalue weighted by Gasteiger charge is 2.13. The summed E-state index contributed by atoms with van der Waals surface area (Å²) in [7, 11) is 0. The van der Waals surface area contributed by atoms with Gasteiger partial charge < -0.3 is 0 Å². The van der Waals surface area contributed by atoms with Crippen LogP contribution in [0.4, 0.5) is 10.5 Å². The molecule has 0 aliphatic heterocycles. The Balaban J connectivity index is 3.27. The lowest BCUT2D eigenvalue weighted by molar-refractivity contribution is 0.246. The molecule has 0 atom stereocenters. The molecule has 5 heteroatoms. The van der Waals surface area contributed by atoms with Crippen molar-refractivity contribution >= 4 is 23.9 Å². The zero-order valence-electron chi connectivity index (χ0n) is 8.81. The van der Waals surface area contributed by atoms with Crippen LogP contribution in [-0.4, -0.2) is 6.03 Å². The van der Waals surface area contributed by atoms with Crippen LogP contribution in [0.3, 0.4) is 0 Å². The Morgan fingerprint density at radius 3 is 2.56 bits per heavy atom. The predicted molar refractivity (Wildman–Crippen MR) is 66.0 cm³/mol. The Hall–Kier alpha value is -2.11. The van der Waals surface area contributed by atoms with Gasteiger partial charge in [-0.2, -0.15) is 0 Å². The molecule has 0 aliphatic rings. The van der Waals surface area contributed by atoms with E-state index < -0.39 is 6.03 Å². The summed E-state index contributed by atoms with van der Waals surface area (Å²) in [6.45, 7) is 7.35. The third-order valence-corrected chi connectivity index (χ3v) is 2.14. The topological polar surface area (TPSA) is 84.4 Å². The van der Waals surface area contributed by atoms with E-state index in [4.69, 9.17) is 11.7 Å². The SMILES string of the molecule is C=Cc1cccc(N(N)C(=O)NN)c1C=C. The Morgan fingerprint density at radius 1 is 1.38 bits per heavy atom. The van der Waals surface area contributed by atoms with Gasteiger partial charge in [-0.25, -0.2) is 21.5 Å². The second-order valence-electron chi connectivity index (χ2n) is 3.01. The van der Waals surface area contributed by atoms with Gasteiger partial charge in [-0.3, -0.25) is 5.43 Å². The first-order valence-corrected chi connectivity index (χ1v) is 4.59. The molecule has 0 aliphatic carbocycles. The smallest absolute Gasteiger partial charge is 0.274 e. The quantitative estimate of drug-likeness (QED) is 0.405. The lowest BCUT2D eigenvalue weighted by Crippen LogP contribution is -2.47. The molecule has 84 valence electrons. The Morgan fingerprint density at radius 2 is 2.06 bits per heavy atom. The van der Waals surface area contributed by atoms with Gasteiger partial charge in [0.05, 0.1) is 5.69 Å². The minimum absolute atomic E-state index is 0.510. The van der Waals surface area contributed by atoms with Gasteiger partial charge in [0.2, 0.25) is 0 Å². The number of hydrogen-bond acceptors (Lipinski definition) is 3. The molecule has 1 aromatic rings. The molecule has 0 saturated heterocycles. The highest BCUT2D eigenvalue weighted by Crippen LogP contribution is 2.24. The minimum Gasteiger partial charge on any atom is -0.274 e. The standard InChI is InChI=1S/C11H14N4O/c1-3-8-6-5-7-10(9(8)4-2)15(13)11(16)14-12/h3-7H,1-2,12-13H2,(H,14,16). The van der Waals surface area contributed by atoms with Crippen LogP contribution in [0.1, 0.15) is 11.1 Å². The number of anilines is 1. The molecule has 0 heterocycles. The molecule has 0 radical (unpaired) electrons. The normalized spacial score (nSPS) is 9.38. The van der Waals surface area contributed by atoms with E-state index in [-0.39, 0.29) is 0 Å². The van der Waals surface area contributed by atoms with Crippen molar-refractivity contribution in [1.29, 1.82) is 0 Å². The van der Waals surface area contributed by atoms with E-state index in [0.717, 1.165) is 16.1 Å². The van der Waals surface area contributed by atoms with Crippen molar-refractivity contribution in [3.05, 3.63) is 42.5 Å². The first kappa shape index (κ1) is 12.0. The molecule has 0 aromatic heterocycles. The number of benzene rings is 1. The number of nitrogens with one attached hydrogen (secondary N) is 1. The molecular weight excluding hydrogens is 204 g/mol. The number of carbonyl (C=O) groups excluding carboxylic acids is 1. The maximum Gasteiger partial charge on any atom is 0.350 e. The maximum atomic E-state index is 11.3. The number of nitrogens with zero attached hydrogens (tertiary/aromatic N) is 1. The van der Waals surface area contributed by atoms with Crippen LogP contribution in [0.2, 0.25) is 0 Å². The van der Waals surface area contributed by atoms with E-state index in [9.17, 15) is 4.79 Å². The van der Waals surface area contributed by atoms with E-state index in [1.165, 1.54) is 0 Å². The fourth-order valence-electron chi connectivity index (χ4n) is 1.36. The zero-order chi connectivity index (χ0) is 12.1. The third-order valence-electron chi connectivity index (χ3n) is 2.14. The summed E-state index contributed by atoms with van der Waals surface area (Å²) in [4.78, 5) is 11.3. The summed E-state index contributed by atoms with van der Waals surface area (Å²) in [5.41, 5.74) is 4.03. The van der Waals surface area contributed by atoms with Crippen molar-refractivity contribution in [3.8, 4) is 0 Å². The number of hydrazine groups is 2. The number of carbonyl (C=O) groups is 1. The molecule has 1 aromatic carbocycles. The Labute approximate surface area is 94.0 Å². The number of hydrogen-bond donors (Lipinski definition) is 3. The summed E-state index contributed by atoms with van der Waals surface area (Å²) in [5.74, 6) is 10.6.